The van der Waals surface area contributed by atoms with E-state index in [4.69, 9.17) is 0 Å². The van der Waals surface area contributed by atoms with Gasteiger partial charge in [0, 0.05) is 44.6 Å². The van der Waals surface area contributed by atoms with Crippen LogP contribution < -0.4 is 5.32 Å². The number of fused-ring (bicyclic) bond motifs is 1. The minimum Gasteiger partial charge on any atom is -0.376 e. The summed E-state index contributed by atoms with van der Waals surface area (Å²) in [6.07, 6.45) is -4.55. The topological polar surface area (TPSA) is 51.7 Å². The highest BCUT2D eigenvalue weighted by molar-refractivity contribution is 5.81. The molecule has 1 aliphatic heterocycles. The van der Waals surface area contributed by atoms with Gasteiger partial charge in [-0.25, -0.2) is 0 Å². The van der Waals surface area contributed by atoms with E-state index in [9.17, 15) is 31.1 Å². The fourth-order valence-electron chi connectivity index (χ4n) is 4.91. The van der Waals surface area contributed by atoms with E-state index in [0.717, 1.165) is 65.2 Å². The second-order valence-electron chi connectivity index (χ2n) is 10.4. The summed E-state index contributed by atoms with van der Waals surface area (Å²) in [7, 11) is 1.25. The number of anilines is 1. The van der Waals surface area contributed by atoms with Gasteiger partial charge in [0.25, 0.3) is 0 Å². The molecule has 4 rings (SSSR count). The highest BCUT2D eigenvalue weighted by Crippen LogP contribution is 2.33. The molecular formula is C27H33F6N5O. The highest BCUT2D eigenvalue weighted by Gasteiger charge is 2.35. The van der Waals surface area contributed by atoms with Crippen LogP contribution in [0.2, 0.25) is 0 Å². The standard InChI is InChI=1S/C27H33F6N5O/c1-36(18-26(28,29)30)12-13-38(17-24-22(27(31,32)33)5-3-10-34-24)25(39)14-35-23-6-2-4-20-16-37(11-9-21(20)23)15-19-7-8-19/h2-6,10,19,35H,7-9,11-18H2,1H3. The Morgan fingerprint density at radius 1 is 1.10 bits per heavy atom. The van der Waals surface area contributed by atoms with E-state index in [1.165, 1.54) is 31.6 Å². The van der Waals surface area contributed by atoms with Gasteiger partial charge in [-0.05, 0) is 61.6 Å². The number of amides is 1. The zero-order chi connectivity index (χ0) is 28.2. The molecule has 1 N–H and O–H groups in total. The fourth-order valence-corrected chi connectivity index (χ4v) is 4.91. The van der Waals surface area contributed by atoms with Gasteiger partial charge in [0.1, 0.15) is 0 Å². The number of aromatic nitrogens is 1. The molecule has 1 fully saturated rings. The van der Waals surface area contributed by atoms with Crippen molar-refractivity contribution in [2.45, 2.75) is 44.7 Å². The first kappa shape index (κ1) is 29.1. The van der Waals surface area contributed by atoms with Crippen LogP contribution in [-0.2, 0) is 30.5 Å². The lowest BCUT2D eigenvalue weighted by Gasteiger charge is -2.30. The number of alkyl halides is 6. The summed E-state index contributed by atoms with van der Waals surface area (Å²) >= 11 is 0. The molecule has 0 unspecified atom stereocenters. The summed E-state index contributed by atoms with van der Waals surface area (Å²) < 4.78 is 79.0. The Hall–Kier alpha value is -2.86. The van der Waals surface area contributed by atoms with Gasteiger partial charge in [0.15, 0.2) is 0 Å². The normalized spacial score (nSPS) is 16.3. The molecular weight excluding hydrogens is 524 g/mol. The van der Waals surface area contributed by atoms with Crippen molar-refractivity contribution in [1.29, 1.82) is 0 Å². The predicted molar refractivity (Wildman–Crippen MR) is 135 cm³/mol. The smallest absolute Gasteiger partial charge is 0.376 e. The Kier molecular flexibility index (Phi) is 9.05. The molecule has 1 aromatic carbocycles. The Bertz CT molecular complexity index is 1130. The molecule has 0 bridgehead atoms. The molecule has 1 saturated carbocycles. The first-order valence-electron chi connectivity index (χ1n) is 13.0. The van der Waals surface area contributed by atoms with E-state index in [-0.39, 0.29) is 25.3 Å². The van der Waals surface area contributed by atoms with Crippen LogP contribution >= 0.6 is 0 Å². The number of nitrogens with zero attached hydrogens (tertiary/aromatic N) is 4. The van der Waals surface area contributed by atoms with E-state index in [1.807, 2.05) is 12.1 Å². The van der Waals surface area contributed by atoms with Crippen molar-refractivity contribution in [2.75, 3.05) is 51.6 Å². The van der Waals surface area contributed by atoms with Gasteiger partial charge < -0.3 is 10.2 Å². The van der Waals surface area contributed by atoms with Gasteiger partial charge in [-0.3, -0.25) is 19.6 Å². The first-order valence-corrected chi connectivity index (χ1v) is 13.0. The lowest BCUT2D eigenvalue weighted by atomic mass is 9.97. The minimum atomic E-state index is -4.68. The van der Waals surface area contributed by atoms with Gasteiger partial charge in [0.05, 0.1) is 30.9 Å². The Morgan fingerprint density at radius 2 is 1.87 bits per heavy atom. The minimum absolute atomic E-state index is 0.170. The number of carbonyl (C=O) groups excluding carboxylic acids is 1. The van der Waals surface area contributed by atoms with Gasteiger partial charge >= 0.3 is 12.4 Å². The molecule has 1 amide bonds. The van der Waals surface area contributed by atoms with Crippen molar-refractivity contribution in [2.24, 2.45) is 5.92 Å². The van der Waals surface area contributed by atoms with Crippen molar-refractivity contribution in [3.63, 3.8) is 0 Å². The van der Waals surface area contributed by atoms with Crippen molar-refractivity contribution in [1.82, 2.24) is 19.7 Å². The molecule has 0 atom stereocenters. The van der Waals surface area contributed by atoms with Crippen molar-refractivity contribution < 1.29 is 31.1 Å². The van der Waals surface area contributed by atoms with Crippen LogP contribution in [0.3, 0.4) is 0 Å². The average molecular weight is 558 g/mol. The third-order valence-corrected chi connectivity index (χ3v) is 7.08. The molecule has 39 heavy (non-hydrogen) atoms. The number of carbonyl (C=O) groups is 1. The largest absolute Gasteiger partial charge is 0.418 e. The lowest BCUT2D eigenvalue weighted by molar-refractivity contribution is -0.144. The quantitative estimate of drug-likeness (QED) is 0.403. The summed E-state index contributed by atoms with van der Waals surface area (Å²) in [4.78, 5) is 21.6. The summed E-state index contributed by atoms with van der Waals surface area (Å²) in [5.41, 5.74) is 1.73. The van der Waals surface area contributed by atoms with Crippen molar-refractivity contribution in [3.8, 4) is 0 Å². The second kappa shape index (κ2) is 12.1. The van der Waals surface area contributed by atoms with Crippen LogP contribution in [0.15, 0.2) is 36.5 Å². The van der Waals surface area contributed by atoms with E-state index in [0.29, 0.717) is 0 Å². The number of nitrogens with one attached hydrogen (secondary N) is 1. The Balaban J connectivity index is 1.45. The SMILES string of the molecule is CN(CCN(Cc1ncccc1C(F)(F)F)C(=O)CNc1cccc2c1CCN(CC1CC1)C2)CC(F)(F)F. The molecule has 2 aromatic rings. The molecule has 0 saturated heterocycles. The molecule has 2 aliphatic rings. The second-order valence-corrected chi connectivity index (χ2v) is 10.4. The first-order chi connectivity index (χ1) is 18.4. The zero-order valence-corrected chi connectivity index (χ0v) is 21.8. The van der Waals surface area contributed by atoms with Crippen LogP contribution in [0, 0.1) is 5.92 Å². The van der Waals surface area contributed by atoms with Gasteiger partial charge in [-0.1, -0.05) is 12.1 Å². The van der Waals surface area contributed by atoms with Crippen LogP contribution in [0.1, 0.15) is 35.2 Å². The molecule has 12 heteroatoms. The summed E-state index contributed by atoms with van der Waals surface area (Å²) in [6.45, 7) is 0.583. The van der Waals surface area contributed by atoms with Gasteiger partial charge in [0.2, 0.25) is 5.91 Å². The third-order valence-electron chi connectivity index (χ3n) is 7.08. The maximum atomic E-state index is 13.5. The Morgan fingerprint density at radius 3 is 2.56 bits per heavy atom. The van der Waals surface area contributed by atoms with Crippen molar-refractivity contribution in [3.05, 3.63) is 58.9 Å². The van der Waals surface area contributed by atoms with Gasteiger partial charge in [-0.15, -0.1) is 0 Å². The summed E-state index contributed by atoms with van der Waals surface area (Å²) in [5.74, 6) is 0.251. The van der Waals surface area contributed by atoms with Crippen molar-refractivity contribution >= 4 is 11.6 Å². The molecule has 1 aliphatic carbocycles. The molecule has 214 valence electrons. The number of pyridine rings is 1. The molecule has 0 radical (unpaired) electrons. The number of halogens is 6. The Labute approximate surface area is 224 Å². The van der Waals surface area contributed by atoms with Gasteiger partial charge in [-0.2, -0.15) is 26.3 Å². The molecule has 6 nitrogen and oxygen atoms in total. The summed E-state index contributed by atoms with van der Waals surface area (Å²) in [6, 6.07) is 7.86. The molecule has 1 aromatic heterocycles. The number of hydrogen-bond acceptors (Lipinski definition) is 5. The van der Waals surface area contributed by atoms with E-state index >= 15 is 0 Å². The average Bonchev–Trinajstić information content (AvgIpc) is 3.67. The molecule has 0 spiro atoms. The number of benzene rings is 1. The number of hydrogen-bond donors (Lipinski definition) is 1. The van der Waals surface area contributed by atoms with E-state index in [2.05, 4.69) is 21.3 Å². The van der Waals surface area contributed by atoms with Crippen LogP contribution in [0.5, 0.6) is 0 Å². The lowest BCUT2D eigenvalue weighted by Crippen LogP contribution is -2.42. The molecule has 2 heterocycles. The monoisotopic (exact) mass is 557 g/mol. The zero-order valence-electron chi connectivity index (χ0n) is 21.8. The highest BCUT2D eigenvalue weighted by atomic mass is 19.4. The fraction of sp³-hybridized carbons (Fsp3) is 0.556. The van der Waals surface area contributed by atoms with Crippen LogP contribution in [0.25, 0.3) is 0 Å². The maximum Gasteiger partial charge on any atom is 0.418 e. The van der Waals surface area contributed by atoms with E-state index in [1.54, 1.807) is 0 Å². The summed E-state index contributed by atoms with van der Waals surface area (Å²) in [5, 5.41) is 3.13. The maximum absolute atomic E-state index is 13.5. The van der Waals surface area contributed by atoms with Crippen LogP contribution in [0.4, 0.5) is 32.0 Å². The number of rotatable bonds is 11. The van der Waals surface area contributed by atoms with Crippen LogP contribution in [-0.4, -0.2) is 78.1 Å². The number of likely N-dealkylation sites (N-methyl/N-ethyl adjacent to an activating group) is 1. The third kappa shape index (κ3) is 8.56. The van der Waals surface area contributed by atoms with E-state index < -0.39 is 36.9 Å². The predicted octanol–water partition coefficient (Wildman–Crippen LogP) is 4.80.